The van der Waals surface area contributed by atoms with Crippen LogP contribution in [0.3, 0.4) is 0 Å². The van der Waals surface area contributed by atoms with E-state index in [0.29, 0.717) is 17.4 Å². The van der Waals surface area contributed by atoms with Gasteiger partial charge in [0, 0.05) is 4.47 Å². The maximum atomic E-state index is 10.7. The second-order valence-electron chi connectivity index (χ2n) is 5.69. The summed E-state index contributed by atoms with van der Waals surface area (Å²) in [4.78, 5) is 0. The van der Waals surface area contributed by atoms with Crippen molar-refractivity contribution in [3.05, 3.63) is 22.2 Å². The maximum Gasteiger partial charge on any atom is 0.161 e. The number of hydrogen-bond donors (Lipinski definition) is 1. The van der Waals surface area contributed by atoms with Crippen LogP contribution in [-0.2, 0) is 0 Å². The topological polar surface area (TPSA) is 38.7 Å². The van der Waals surface area contributed by atoms with Crippen molar-refractivity contribution in [1.82, 2.24) is 0 Å². The summed E-state index contributed by atoms with van der Waals surface area (Å²) in [7, 11) is 3.23. The summed E-state index contributed by atoms with van der Waals surface area (Å²) in [6, 6.07) is 3.74. The summed E-state index contributed by atoms with van der Waals surface area (Å²) < 4.78 is 11.5. The van der Waals surface area contributed by atoms with E-state index < -0.39 is 6.10 Å². The molecule has 0 amide bonds. The molecule has 2 rings (SSSR count). The summed E-state index contributed by atoms with van der Waals surface area (Å²) >= 11 is 3.53. The van der Waals surface area contributed by atoms with Gasteiger partial charge in [-0.15, -0.1) is 0 Å². The second-order valence-corrected chi connectivity index (χ2v) is 6.55. The summed E-state index contributed by atoms with van der Waals surface area (Å²) in [6.45, 7) is 2.29. The van der Waals surface area contributed by atoms with Gasteiger partial charge in [0.25, 0.3) is 0 Å². The summed E-state index contributed by atoms with van der Waals surface area (Å²) in [5.41, 5.74) is 0.891. The Balaban J connectivity index is 2.23. The van der Waals surface area contributed by atoms with Crippen LogP contribution in [0.5, 0.6) is 11.5 Å². The molecule has 1 aromatic carbocycles. The normalized spacial score (nSPS) is 24.2. The van der Waals surface area contributed by atoms with E-state index in [4.69, 9.17) is 9.47 Å². The molecule has 1 aliphatic carbocycles. The number of benzene rings is 1. The van der Waals surface area contributed by atoms with Crippen molar-refractivity contribution in [2.45, 2.75) is 38.7 Å². The highest BCUT2D eigenvalue weighted by atomic mass is 79.9. The van der Waals surface area contributed by atoms with Gasteiger partial charge in [-0.2, -0.15) is 0 Å². The Bertz CT molecular complexity index is 453. The van der Waals surface area contributed by atoms with Crippen LogP contribution >= 0.6 is 15.9 Å². The van der Waals surface area contributed by atoms with Crippen molar-refractivity contribution < 1.29 is 14.6 Å². The van der Waals surface area contributed by atoms with E-state index in [0.717, 1.165) is 28.8 Å². The van der Waals surface area contributed by atoms with E-state index in [2.05, 4.69) is 22.9 Å². The molecule has 4 heteroatoms. The van der Waals surface area contributed by atoms with Crippen molar-refractivity contribution in [3.63, 3.8) is 0 Å². The molecule has 112 valence electrons. The summed E-state index contributed by atoms with van der Waals surface area (Å²) in [5.74, 6) is 2.45. The van der Waals surface area contributed by atoms with E-state index in [-0.39, 0.29) is 0 Å². The first-order valence-electron chi connectivity index (χ1n) is 7.16. The molecule has 3 nitrogen and oxygen atoms in total. The molecule has 1 aliphatic rings. The third kappa shape index (κ3) is 3.29. The lowest BCUT2D eigenvalue weighted by Gasteiger charge is -2.30. The Labute approximate surface area is 129 Å². The molecule has 1 atom stereocenters. The first-order valence-corrected chi connectivity index (χ1v) is 7.95. The van der Waals surface area contributed by atoms with Crippen LogP contribution in [0.4, 0.5) is 0 Å². The van der Waals surface area contributed by atoms with Gasteiger partial charge in [-0.1, -0.05) is 35.7 Å². The fourth-order valence-electron chi connectivity index (χ4n) is 2.95. The predicted octanol–water partition coefficient (Wildman–Crippen LogP) is 4.33. The van der Waals surface area contributed by atoms with Gasteiger partial charge < -0.3 is 14.6 Å². The molecule has 0 aliphatic heterocycles. The number of ether oxygens (including phenoxy) is 2. The lowest BCUT2D eigenvalue weighted by atomic mass is 9.78. The Hall–Kier alpha value is -0.740. The minimum atomic E-state index is -0.448. The minimum absolute atomic E-state index is 0.334. The Morgan fingerprint density at radius 3 is 2.20 bits per heavy atom. The molecular formula is C16H23BrO3. The first-order chi connectivity index (χ1) is 9.56. The number of hydrogen-bond acceptors (Lipinski definition) is 3. The average Bonchev–Trinajstić information content (AvgIpc) is 2.47. The highest BCUT2D eigenvalue weighted by molar-refractivity contribution is 9.10. The van der Waals surface area contributed by atoms with Crippen molar-refractivity contribution in [3.8, 4) is 11.5 Å². The zero-order chi connectivity index (χ0) is 14.7. The van der Waals surface area contributed by atoms with Crippen molar-refractivity contribution in [2.24, 2.45) is 11.8 Å². The average molecular weight is 343 g/mol. The third-order valence-corrected chi connectivity index (χ3v) is 5.02. The maximum absolute atomic E-state index is 10.7. The number of rotatable bonds is 4. The van der Waals surface area contributed by atoms with Gasteiger partial charge in [0.15, 0.2) is 11.5 Å². The highest BCUT2D eigenvalue weighted by Gasteiger charge is 2.27. The minimum Gasteiger partial charge on any atom is -0.493 e. The molecule has 0 aromatic heterocycles. The molecule has 0 bridgehead atoms. The first kappa shape index (κ1) is 15.6. The highest BCUT2D eigenvalue weighted by Crippen LogP contribution is 2.42. The SMILES string of the molecule is COc1cc(Br)c(C(O)C2CCC(C)CC2)cc1OC. The van der Waals surface area contributed by atoms with E-state index in [1.165, 1.54) is 12.8 Å². The van der Waals surface area contributed by atoms with Gasteiger partial charge in [0.2, 0.25) is 0 Å². The van der Waals surface area contributed by atoms with Crippen LogP contribution in [-0.4, -0.2) is 19.3 Å². The predicted molar refractivity (Wildman–Crippen MR) is 83.3 cm³/mol. The quantitative estimate of drug-likeness (QED) is 0.885. The lowest BCUT2D eigenvalue weighted by molar-refractivity contribution is 0.0747. The Morgan fingerprint density at radius 1 is 1.10 bits per heavy atom. The molecule has 1 aromatic rings. The number of aliphatic hydroxyl groups excluding tert-OH is 1. The zero-order valence-electron chi connectivity index (χ0n) is 12.4. The van der Waals surface area contributed by atoms with Crippen LogP contribution in [0.1, 0.15) is 44.3 Å². The van der Waals surface area contributed by atoms with Crippen LogP contribution in [0.2, 0.25) is 0 Å². The van der Waals surface area contributed by atoms with E-state index in [1.807, 2.05) is 12.1 Å². The van der Waals surface area contributed by atoms with Crippen molar-refractivity contribution in [1.29, 1.82) is 0 Å². The van der Waals surface area contributed by atoms with Gasteiger partial charge in [0.05, 0.1) is 20.3 Å². The standard InChI is InChI=1S/C16H23BrO3/c1-10-4-6-11(7-5-10)16(18)12-8-14(19-2)15(20-3)9-13(12)17/h8-11,16,18H,4-7H2,1-3H3. The lowest BCUT2D eigenvalue weighted by Crippen LogP contribution is -2.19. The van der Waals surface area contributed by atoms with Gasteiger partial charge in [0.1, 0.15) is 0 Å². The van der Waals surface area contributed by atoms with E-state index in [1.54, 1.807) is 14.2 Å². The van der Waals surface area contributed by atoms with Crippen LogP contribution in [0.15, 0.2) is 16.6 Å². The third-order valence-electron chi connectivity index (χ3n) is 4.33. The number of halogens is 1. The monoisotopic (exact) mass is 342 g/mol. The molecule has 0 spiro atoms. The van der Waals surface area contributed by atoms with Crippen molar-refractivity contribution >= 4 is 15.9 Å². The van der Waals surface area contributed by atoms with Gasteiger partial charge in [-0.05, 0) is 42.4 Å². The summed E-state index contributed by atoms with van der Waals surface area (Å²) in [6.07, 6.45) is 4.13. The Kier molecular flexibility index (Phi) is 5.33. The molecule has 0 heterocycles. The second kappa shape index (κ2) is 6.81. The fourth-order valence-corrected chi connectivity index (χ4v) is 3.51. The molecular weight excluding hydrogens is 320 g/mol. The smallest absolute Gasteiger partial charge is 0.161 e. The molecule has 20 heavy (non-hydrogen) atoms. The van der Waals surface area contributed by atoms with Gasteiger partial charge >= 0.3 is 0 Å². The molecule has 1 unspecified atom stereocenters. The molecule has 1 fully saturated rings. The van der Waals surface area contributed by atoms with E-state index >= 15 is 0 Å². The zero-order valence-corrected chi connectivity index (χ0v) is 13.9. The van der Waals surface area contributed by atoms with Gasteiger partial charge in [-0.25, -0.2) is 0 Å². The summed E-state index contributed by atoms with van der Waals surface area (Å²) in [5, 5.41) is 10.7. The fraction of sp³-hybridized carbons (Fsp3) is 0.625. The van der Waals surface area contributed by atoms with E-state index in [9.17, 15) is 5.11 Å². The molecule has 0 radical (unpaired) electrons. The molecule has 1 N–H and O–H groups in total. The van der Waals surface area contributed by atoms with Crippen LogP contribution in [0.25, 0.3) is 0 Å². The van der Waals surface area contributed by atoms with Crippen LogP contribution in [0, 0.1) is 11.8 Å². The van der Waals surface area contributed by atoms with Gasteiger partial charge in [-0.3, -0.25) is 0 Å². The van der Waals surface area contributed by atoms with Crippen LogP contribution < -0.4 is 9.47 Å². The van der Waals surface area contributed by atoms with Crippen molar-refractivity contribution in [2.75, 3.05) is 14.2 Å². The number of methoxy groups -OCH3 is 2. The number of aliphatic hydroxyl groups is 1. The largest absolute Gasteiger partial charge is 0.493 e. The Morgan fingerprint density at radius 2 is 1.65 bits per heavy atom. The molecule has 0 saturated heterocycles. The molecule has 1 saturated carbocycles.